The molecule has 0 saturated carbocycles. The maximum atomic E-state index is 10.5. The van der Waals surface area contributed by atoms with E-state index in [1.165, 1.54) is 7.11 Å². The van der Waals surface area contributed by atoms with Crippen molar-refractivity contribution in [1.29, 1.82) is 0 Å². The molecule has 0 fully saturated rings. The van der Waals surface area contributed by atoms with Gasteiger partial charge in [-0.1, -0.05) is 6.58 Å². The van der Waals surface area contributed by atoms with Gasteiger partial charge in [0.25, 0.3) is 0 Å². The Bertz CT molecular complexity index is 122. The van der Waals surface area contributed by atoms with Gasteiger partial charge in [0, 0.05) is 18.6 Å². The normalized spacial score (nSPS) is 8.67. The van der Waals surface area contributed by atoms with Crippen LogP contribution in [0.5, 0.6) is 0 Å². The second-order valence-electron chi connectivity index (χ2n) is 1.57. The number of rotatable bonds is 3. The lowest BCUT2D eigenvalue weighted by Gasteiger charge is -1.98. The fourth-order valence-corrected chi connectivity index (χ4v) is 0.381. The van der Waals surface area contributed by atoms with Crippen molar-refractivity contribution in [2.75, 3.05) is 13.7 Å². The van der Waals surface area contributed by atoms with Gasteiger partial charge >= 0.3 is 7.40 Å². The lowest BCUT2D eigenvalue weighted by Crippen LogP contribution is -2.04. The minimum Gasteiger partial charge on any atom is -0.466 e. The van der Waals surface area contributed by atoms with Crippen molar-refractivity contribution in [3.05, 3.63) is 12.2 Å². The Balaban J connectivity index is 0. The van der Waals surface area contributed by atoms with E-state index >= 15 is 0 Å². The zero-order valence-electron chi connectivity index (χ0n) is 6.39. The molecule has 0 amide bonds. The molecule has 0 spiro atoms. The van der Waals surface area contributed by atoms with Crippen LogP contribution < -0.4 is 0 Å². The topological polar surface area (TPSA) is 46.5 Å². The van der Waals surface area contributed by atoms with Crippen molar-refractivity contribution in [3.63, 3.8) is 0 Å². The van der Waals surface area contributed by atoms with Crippen molar-refractivity contribution in [2.45, 2.75) is 6.42 Å². The fourth-order valence-electron chi connectivity index (χ4n) is 0.381. The Morgan fingerprint density at radius 3 is 2.78 bits per heavy atom. The van der Waals surface area contributed by atoms with Gasteiger partial charge in [-0.15, -0.1) is 0 Å². The van der Waals surface area contributed by atoms with E-state index in [9.17, 15) is 4.79 Å². The highest BCUT2D eigenvalue weighted by Crippen LogP contribution is 1.97. The molecule has 3 heteroatoms. The smallest absolute Gasteiger partial charge is 0.466 e. The van der Waals surface area contributed by atoms with E-state index in [-0.39, 0.29) is 14.5 Å². The van der Waals surface area contributed by atoms with Gasteiger partial charge < -0.3 is 9.84 Å². The summed E-state index contributed by atoms with van der Waals surface area (Å²) in [5.41, 5.74) is 0.306. The predicted octanol–water partition coefficient (Wildman–Crippen LogP) is 0.211. The minimum atomic E-state index is -0.455. The van der Waals surface area contributed by atoms with Gasteiger partial charge in [-0.25, -0.2) is 4.79 Å². The number of aliphatic hydroxyl groups is 1. The largest absolute Gasteiger partial charge is 1.00 e. The number of hydrogen-bond acceptors (Lipinski definition) is 3. The number of methoxy groups -OCH3 is 1. The molecule has 0 saturated heterocycles. The first-order chi connectivity index (χ1) is 4.22. The predicted molar refractivity (Wildman–Crippen MR) is 34.0 cm³/mol. The molecule has 9 heavy (non-hydrogen) atoms. The zero-order chi connectivity index (χ0) is 7.28. The molecule has 0 unspecified atom stereocenters. The molecule has 0 aliphatic heterocycles. The van der Waals surface area contributed by atoms with Gasteiger partial charge in [0.1, 0.15) is 0 Å². The third kappa shape index (κ3) is 2.87. The summed E-state index contributed by atoms with van der Waals surface area (Å²) in [6, 6.07) is 0. The number of hydrogen-bond donors (Lipinski definition) is 1. The molecule has 0 aromatic heterocycles. The first-order valence-corrected chi connectivity index (χ1v) is 2.59. The lowest BCUT2D eigenvalue weighted by molar-refractivity contribution is -0.136. The van der Waals surface area contributed by atoms with E-state index in [4.69, 9.17) is 5.11 Å². The van der Waals surface area contributed by atoms with Gasteiger partial charge in [0.15, 0.2) is 0 Å². The van der Waals surface area contributed by atoms with E-state index < -0.39 is 5.97 Å². The highest BCUT2D eigenvalue weighted by Gasteiger charge is 2.03. The molecule has 0 aliphatic rings. The molecular weight excluding hydrogens is 120 g/mol. The third-order valence-corrected chi connectivity index (χ3v) is 0.888. The number of aliphatic hydroxyl groups excluding tert-OH is 1. The zero-order valence-corrected chi connectivity index (χ0v) is 5.39. The standard InChI is InChI=1S/C6H10O3/c1-5(3-4-7)6(8)9-2/h7H,1,3-4H2,2H3/p+1. The van der Waals surface area contributed by atoms with Crippen molar-refractivity contribution >= 4 is 5.97 Å². The number of ether oxygens (including phenoxy) is 1. The van der Waals surface area contributed by atoms with Gasteiger partial charge in [-0.05, 0) is 0 Å². The van der Waals surface area contributed by atoms with E-state index in [1.807, 2.05) is 0 Å². The van der Waals surface area contributed by atoms with E-state index in [0.29, 0.717) is 5.57 Å². The van der Waals surface area contributed by atoms with E-state index in [1.54, 1.807) is 0 Å². The van der Waals surface area contributed by atoms with Crippen molar-refractivity contribution in [3.8, 4) is 0 Å². The van der Waals surface area contributed by atoms with Crippen LogP contribution in [0.4, 0.5) is 0 Å². The summed E-state index contributed by atoms with van der Waals surface area (Å²) in [6.45, 7) is 3.32. The molecule has 0 rings (SSSR count). The maximum Gasteiger partial charge on any atom is 1.00 e. The summed E-state index contributed by atoms with van der Waals surface area (Å²) in [7, 11) is 1.28. The first-order valence-electron chi connectivity index (χ1n) is 2.59. The van der Waals surface area contributed by atoms with Crippen LogP contribution in [0, 0.1) is 0 Å². The lowest BCUT2D eigenvalue weighted by atomic mass is 10.2. The summed E-state index contributed by atoms with van der Waals surface area (Å²) in [5.74, 6) is -0.455. The van der Waals surface area contributed by atoms with Crippen LogP contribution in [0.25, 0.3) is 0 Å². The van der Waals surface area contributed by atoms with Crippen LogP contribution in [0.15, 0.2) is 12.2 Å². The number of carbonyl (C=O) groups is 1. The van der Waals surface area contributed by atoms with Crippen LogP contribution in [-0.2, 0) is 9.53 Å². The SMILES string of the molecule is C=C(CCO)C(=O)OC.[H+]. The second kappa shape index (κ2) is 4.09. The molecule has 0 radical (unpaired) electrons. The van der Waals surface area contributed by atoms with Crippen LogP contribution in [0.1, 0.15) is 7.85 Å². The number of esters is 1. The molecule has 0 aromatic rings. The summed E-state index contributed by atoms with van der Waals surface area (Å²) in [4.78, 5) is 10.5. The molecule has 0 aliphatic carbocycles. The third-order valence-electron chi connectivity index (χ3n) is 0.888. The average Bonchev–Trinajstić information content (AvgIpc) is 1.87. The Morgan fingerprint density at radius 2 is 2.44 bits per heavy atom. The second-order valence-corrected chi connectivity index (χ2v) is 1.57. The average molecular weight is 131 g/mol. The molecular formula is C6H11O3+. The van der Waals surface area contributed by atoms with Gasteiger partial charge in [0.05, 0.1) is 7.11 Å². The summed E-state index contributed by atoms with van der Waals surface area (Å²) in [5, 5.41) is 8.31. The van der Waals surface area contributed by atoms with Gasteiger partial charge in [0.2, 0.25) is 0 Å². The summed E-state index contributed by atoms with van der Waals surface area (Å²) in [6.07, 6.45) is 0.284. The minimum absolute atomic E-state index is 0. The van der Waals surface area contributed by atoms with Crippen LogP contribution in [-0.4, -0.2) is 24.8 Å². The fraction of sp³-hybridized carbons (Fsp3) is 0.500. The van der Waals surface area contributed by atoms with E-state index in [2.05, 4.69) is 11.3 Å². The molecule has 52 valence electrons. The summed E-state index contributed by atoms with van der Waals surface area (Å²) < 4.78 is 4.31. The molecule has 0 atom stereocenters. The molecule has 1 N–H and O–H groups in total. The highest BCUT2D eigenvalue weighted by atomic mass is 16.5. The van der Waals surface area contributed by atoms with Gasteiger partial charge in [-0.3, -0.25) is 0 Å². The monoisotopic (exact) mass is 131 g/mol. The maximum absolute atomic E-state index is 10.5. The Labute approximate surface area is 55.4 Å². The van der Waals surface area contributed by atoms with E-state index in [0.717, 1.165) is 0 Å². The quantitative estimate of drug-likeness (QED) is 0.440. The Hall–Kier alpha value is -0.830. The Morgan fingerprint density at radius 1 is 1.89 bits per heavy atom. The Kier molecular flexibility index (Phi) is 3.71. The van der Waals surface area contributed by atoms with Gasteiger partial charge in [-0.2, -0.15) is 0 Å². The molecule has 0 heterocycles. The highest BCUT2D eigenvalue weighted by molar-refractivity contribution is 5.87. The van der Waals surface area contributed by atoms with Crippen LogP contribution >= 0.6 is 0 Å². The van der Waals surface area contributed by atoms with Crippen molar-refractivity contribution in [2.24, 2.45) is 0 Å². The number of carbonyl (C=O) groups excluding carboxylic acids is 1. The first kappa shape index (κ1) is 8.17. The van der Waals surface area contributed by atoms with Crippen LogP contribution in [0.3, 0.4) is 0 Å². The summed E-state index contributed by atoms with van der Waals surface area (Å²) >= 11 is 0. The van der Waals surface area contributed by atoms with Crippen LogP contribution in [0.2, 0.25) is 0 Å². The molecule has 0 bridgehead atoms. The molecule has 0 aromatic carbocycles. The van der Waals surface area contributed by atoms with Crippen molar-refractivity contribution < 1.29 is 16.1 Å². The molecule has 3 nitrogen and oxygen atoms in total. The van der Waals surface area contributed by atoms with Crippen molar-refractivity contribution in [1.82, 2.24) is 0 Å².